The van der Waals surface area contributed by atoms with Crippen molar-refractivity contribution in [2.75, 3.05) is 6.61 Å². The summed E-state index contributed by atoms with van der Waals surface area (Å²) in [5.41, 5.74) is 1.19. The van der Waals surface area contributed by atoms with Gasteiger partial charge in [0, 0.05) is 6.42 Å². The number of hydrogen-bond donors (Lipinski definition) is 1. The van der Waals surface area contributed by atoms with Crippen molar-refractivity contribution in [3.05, 3.63) is 23.3 Å². The van der Waals surface area contributed by atoms with Gasteiger partial charge in [-0.2, -0.15) is 13.2 Å². The van der Waals surface area contributed by atoms with Crippen LogP contribution in [0.2, 0.25) is 0 Å². The summed E-state index contributed by atoms with van der Waals surface area (Å²) in [6, 6.07) is 3.01. The minimum Gasteiger partial charge on any atom is -0.492 e. The van der Waals surface area contributed by atoms with Crippen molar-refractivity contribution < 1.29 is 26.3 Å². The monoisotopic (exact) mass is 311 g/mol. The molecular weight excluding hydrogens is 295 g/mol. The van der Waals surface area contributed by atoms with Gasteiger partial charge in [-0.25, -0.2) is 13.6 Å². The van der Waals surface area contributed by atoms with Crippen molar-refractivity contribution in [2.45, 2.75) is 37.8 Å². The number of benzene rings is 1. The van der Waals surface area contributed by atoms with E-state index >= 15 is 0 Å². The normalized spacial score (nSPS) is 12.5. The lowest BCUT2D eigenvalue weighted by Gasteiger charge is -2.14. The summed E-state index contributed by atoms with van der Waals surface area (Å²) < 4.78 is 64.2. The summed E-state index contributed by atoms with van der Waals surface area (Å²) in [5, 5.41) is 5.08. The number of rotatable bonds is 5. The second kappa shape index (κ2) is 6.01. The zero-order valence-electron chi connectivity index (χ0n) is 11.1. The van der Waals surface area contributed by atoms with Crippen molar-refractivity contribution in [1.29, 1.82) is 0 Å². The Labute approximate surface area is 115 Å². The zero-order chi connectivity index (χ0) is 15.6. The molecule has 20 heavy (non-hydrogen) atoms. The number of aryl methyl sites for hydroxylation is 2. The number of halogens is 3. The van der Waals surface area contributed by atoms with Crippen LogP contribution in [-0.2, 0) is 10.0 Å². The molecule has 0 aliphatic heterocycles. The topological polar surface area (TPSA) is 69.4 Å². The molecule has 0 heterocycles. The Hall–Kier alpha value is -1.28. The van der Waals surface area contributed by atoms with Crippen LogP contribution < -0.4 is 9.88 Å². The van der Waals surface area contributed by atoms with Crippen molar-refractivity contribution in [3.8, 4) is 5.75 Å². The average molecular weight is 311 g/mol. The molecule has 4 nitrogen and oxygen atoms in total. The SMILES string of the molecule is Cc1cc(C)c(OCCCC(F)(F)F)c(S(N)(=O)=O)c1. The molecule has 0 saturated heterocycles. The maximum absolute atomic E-state index is 12.0. The van der Waals surface area contributed by atoms with E-state index in [4.69, 9.17) is 9.88 Å². The fraction of sp³-hybridized carbons (Fsp3) is 0.500. The molecule has 8 heteroatoms. The van der Waals surface area contributed by atoms with Gasteiger partial charge in [-0.1, -0.05) is 6.07 Å². The lowest BCUT2D eigenvalue weighted by molar-refractivity contribution is -0.136. The van der Waals surface area contributed by atoms with Crippen molar-refractivity contribution >= 4 is 10.0 Å². The van der Waals surface area contributed by atoms with Gasteiger partial charge in [0.05, 0.1) is 6.61 Å². The third-order valence-corrected chi connectivity index (χ3v) is 3.46. The molecule has 0 fully saturated rings. The molecule has 1 rings (SSSR count). The Morgan fingerprint density at radius 1 is 1.25 bits per heavy atom. The highest BCUT2D eigenvalue weighted by Gasteiger charge is 2.26. The number of primary sulfonamides is 1. The first kappa shape index (κ1) is 16.8. The van der Waals surface area contributed by atoms with Gasteiger partial charge in [-0.05, 0) is 37.5 Å². The molecule has 1 aromatic rings. The van der Waals surface area contributed by atoms with Crippen LogP contribution in [0.15, 0.2) is 17.0 Å². The van der Waals surface area contributed by atoms with E-state index in [1.807, 2.05) is 0 Å². The second-order valence-corrected chi connectivity index (χ2v) is 6.05. The van der Waals surface area contributed by atoms with Gasteiger partial charge in [0.1, 0.15) is 10.6 Å². The predicted octanol–water partition coefficient (Wildman–Crippen LogP) is 2.67. The lowest BCUT2D eigenvalue weighted by Crippen LogP contribution is -2.16. The Morgan fingerprint density at radius 3 is 2.35 bits per heavy atom. The molecule has 0 aliphatic rings. The molecule has 1 aromatic carbocycles. The van der Waals surface area contributed by atoms with Crippen LogP contribution in [0.25, 0.3) is 0 Å². The molecule has 0 unspecified atom stereocenters. The number of hydrogen-bond acceptors (Lipinski definition) is 3. The molecule has 0 atom stereocenters. The molecule has 0 bridgehead atoms. The summed E-state index contributed by atoms with van der Waals surface area (Å²) in [4.78, 5) is -0.206. The minimum atomic E-state index is -4.26. The summed E-state index contributed by atoms with van der Waals surface area (Å²) in [7, 11) is -3.99. The van der Waals surface area contributed by atoms with Gasteiger partial charge in [0.2, 0.25) is 10.0 Å². The summed E-state index contributed by atoms with van der Waals surface area (Å²) >= 11 is 0. The first-order valence-electron chi connectivity index (χ1n) is 5.84. The largest absolute Gasteiger partial charge is 0.492 e. The molecule has 0 amide bonds. The van der Waals surface area contributed by atoms with Gasteiger partial charge >= 0.3 is 6.18 Å². The maximum atomic E-state index is 12.0. The fourth-order valence-electron chi connectivity index (χ4n) is 1.76. The molecule has 0 saturated carbocycles. The molecule has 0 aromatic heterocycles. The maximum Gasteiger partial charge on any atom is 0.389 e. The van der Waals surface area contributed by atoms with Crippen molar-refractivity contribution in [2.24, 2.45) is 5.14 Å². The average Bonchev–Trinajstić information content (AvgIpc) is 2.23. The fourth-order valence-corrected chi connectivity index (χ4v) is 2.59. The van der Waals surface area contributed by atoms with Crippen LogP contribution in [0, 0.1) is 13.8 Å². The standard InChI is InChI=1S/C12H16F3NO3S/c1-8-6-9(2)11(10(7-8)20(16,17)18)19-5-3-4-12(13,14)15/h6-7H,3-5H2,1-2H3,(H2,16,17,18). The van der Waals surface area contributed by atoms with Crippen LogP contribution in [-0.4, -0.2) is 21.2 Å². The third-order valence-electron chi connectivity index (χ3n) is 2.54. The highest BCUT2D eigenvalue weighted by Crippen LogP contribution is 2.29. The highest BCUT2D eigenvalue weighted by molar-refractivity contribution is 7.89. The van der Waals surface area contributed by atoms with Gasteiger partial charge in [0.25, 0.3) is 0 Å². The third kappa shape index (κ3) is 5.01. The van der Waals surface area contributed by atoms with E-state index in [1.54, 1.807) is 19.9 Å². The predicted molar refractivity (Wildman–Crippen MR) is 68.1 cm³/mol. The van der Waals surface area contributed by atoms with Gasteiger partial charge in [-0.3, -0.25) is 0 Å². The number of ether oxygens (including phenoxy) is 1. The Balaban J connectivity index is 2.90. The van der Waals surface area contributed by atoms with Crippen LogP contribution in [0.3, 0.4) is 0 Å². The van der Waals surface area contributed by atoms with Crippen LogP contribution in [0.1, 0.15) is 24.0 Å². The smallest absolute Gasteiger partial charge is 0.389 e. The van der Waals surface area contributed by atoms with E-state index in [1.165, 1.54) is 6.07 Å². The van der Waals surface area contributed by atoms with E-state index in [9.17, 15) is 21.6 Å². The van der Waals surface area contributed by atoms with Crippen molar-refractivity contribution in [1.82, 2.24) is 0 Å². The van der Waals surface area contributed by atoms with Crippen LogP contribution in [0.5, 0.6) is 5.75 Å². The summed E-state index contributed by atoms with van der Waals surface area (Å²) in [6.45, 7) is 3.07. The minimum absolute atomic E-state index is 0.0141. The van der Waals surface area contributed by atoms with Crippen LogP contribution in [0.4, 0.5) is 13.2 Å². The molecule has 2 N–H and O–H groups in total. The molecule has 0 spiro atoms. The van der Waals surface area contributed by atoms with Gasteiger partial charge in [0.15, 0.2) is 0 Å². The molecule has 114 valence electrons. The second-order valence-electron chi connectivity index (χ2n) is 4.52. The quantitative estimate of drug-likeness (QED) is 0.850. The molecule has 0 radical (unpaired) electrons. The van der Waals surface area contributed by atoms with E-state index in [-0.39, 0.29) is 23.7 Å². The zero-order valence-corrected chi connectivity index (χ0v) is 11.9. The number of nitrogens with two attached hydrogens (primary N) is 1. The van der Waals surface area contributed by atoms with E-state index < -0.39 is 22.6 Å². The highest BCUT2D eigenvalue weighted by atomic mass is 32.2. The molecular formula is C12H16F3NO3S. The van der Waals surface area contributed by atoms with E-state index in [0.29, 0.717) is 11.1 Å². The van der Waals surface area contributed by atoms with Gasteiger partial charge in [-0.15, -0.1) is 0 Å². The number of sulfonamides is 1. The number of alkyl halides is 3. The first-order valence-corrected chi connectivity index (χ1v) is 7.39. The first-order chi connectivity index (χ1) is 9.00. The van der Waals surface area contributed by atoms with Gasteiger partial charge < -0.3 is 4.74 Å². The lowest BCUT2D eigenvalue weighted by atomic mass is 10.1. The van der Waals surface area contributed by atoms with E-state index in [0.717, 1.165) is 0 Å². The van der Waals surface area contributed by atoms with E-state index in [2.05, 4.69) is 0 Å². The summed E-state index contributed by atoms with van der Waals surface area (Å²) in [5.74, 6) is 0.0141. The molecule has 0 aliphatic carbocycles. The van der Waals surface area contributed by atoms with Crippen molar-refractivity contribution in [3.63, 3.8) is 0 Å². The Morgan fingerprint density at radius 2 is 1.85 bits per heavy atom. The Kier molecular flexibility index (Phi) is 5.04. The Bertz CT molecular complexity index is 582. The summed E-state index contributed by atoms with van der Waals surface area (Å²) in [6.07, 6.45) is -5.49. The van der Waals surface area contributed by atoms with Crippen LogP contribution >= 0.6 is 0 Å².